The highest BCUT2D eigenvalue weighted by Gasteiger charge is 2.56. The highest BCUT2D eigenvalue weighted by atomic mass is 19.4. The number of dihydropyridines is 1. The summed E-state index contributed by atoms with van der Waals surface area (Å²) in [5.41, 5.74) is 0.937. The van der Waals surface area contributed by atoms with Gasteiger partial charge in [-0.1, -0.05) is 40.7 Å². The fraction of sp³-hybridized carbons (Fsp3) is 0.522. The molecule has 0 saturated heterocycles. The summed E-state index contributed by atoms with van der Waals surface area (Å²) in [4.78, 5) is 13.6. The van der Waals surface area contributed by atoms with Gasteiger partial charge in [-0.05, 0) is 42.9 Å². The van der Waals surface area contributed by atoms with E-state index in [2.05, 4.69) is 30.8 Å². The first-order valence-corrected chi connectivity index (χ1v) is 10.4. The Bertz CT molecular complexity index is 851. The van der Waals surface area contributed by atoms with Crippen LogP contribution in [-0.4, -0.2) is 29.8 Å². The van der Waals surface area contributed by atoms with E-state index in [1.165, 1.54) is 19.1 Å². The van der Waals surface area contributed by atoms with E-state index in [-0.39, 0.29) is 22.5 Å². The Morgan fingerprint density at radius 2 is 1.77 bits per heavy atom. The number of carbonyl (C=O) groups excluding carboxylic acids is 1. The number of halogens is 3. The number of hydrogen-bond acceptors (Lipinski definition) is 4. The fourth-order valence-corrected chi connectivity index (χ4v) is 3.62. The molecule has 1 heterocycles. The first-order valence-electron chi connectivity index (χ1n) is 10.4. The van der Waals surface area contributed by atoms with Gasteiger partial charge in [0.2, 0.25) is 6.41 Å². The van der Waals surface area contributed by atoms with Crippen molar-refractivity contribution < 1.29 is 27.4 Å². The number of nitrogens with zero attached hydrogens (tertiary/aromatic N) is 1. The Kier molecular flexibility index (Phi) is 7.34. The van der Waals surface area contributed by atoms with E-state index in [4.69, 9.17) is 4.74 Å². The molecule has 1 amide bonds. The summed E-state index contributed by atoms with van der Waals surface area (Å²) < 4.78 is 47.2. The van der Waals surface area contributed by atoms with Crippen LogP contribution in [0.3, 0.4) is 0 Å². The summed E-state index contributed by atoms with van der Waals surface area (Å²) in [7, 11) is 0. The lowest BCUT2D eigenvalue weighted by atomic mass is 9.82. The molecule has 5 nitrogen and oxygen atoms in total. The molecule has 1 aliphatic heterocycles. The number of allylic oxidation sites excluding steroid dienone is 2. The van der Waals surface area contributed by atoms with Gasteiger partial charge in [0.25, 0.3) is 0 Å². The maximum atomic E-state index is 12.5. The fourth-order valence-electron chi connectivity index (χ4n) is 3.62. The van der Waals surface area contributed by atoms with E-state index in [0.717, 1.165) is 24.9 Å². The molecule has 1 saturated carbocycles. The van der Waals surface area contributed by atoms with Crippen LogP contribution in [0.1, 0.15) is 53.0 Å². The second-order valence-corrected chi connectivity index (χ2v) is 8.38. The van der Waals surface area contributed by atoms with E-state index >= 15 is 0 Å². The smallest absolute Gasteiger partial charge is 0.441 e. The standard InChI is InChI=1S/C21H25F3N2O3.C2H6/c1-14-5-7-16(11-17(14)29-21(22,23)24)28-18-8-6-15(12-25-18)26(13-27)20(9-10-20)19(2,3)4;1-2/h5-8,11,13,25H,9-10,12H2,1-4H3;1-2H3. The van der Waals surface area contributed by atoms with Crippen LogP contribution in [0.5, 0.6) is 11.5 Å². The van der Waals surface area contributed by atoms with Crippen LogP contribution in [0.15, 0.2) is 41.9 Å². The van der Waals surface area contributed by atoms with Crippen molar-refractivity contribution in [2.45, 2.75) is 66.3 Å². The molecule has 31 heavy (non-hydrogen) atoms. The molecule has 172 valence electrons. The van der Waals surface area contributed by atoms with Crippen LogP contribution in [0.25, 0.3) is 0 Å². The molecule has 3 rings (SSSR count). The number of carbonyl (C=O) groups is 1. The molecule has 0 atom stereocenters. The summed E-state index contributed by atoms with van der Waals surface area (Å²) in [6.45, 7) is 12.3. The average molecular weight is 441 g/mol. The van der Waals surface area contributed by atoms with Crippen molar-refractivity contribution in [3.63, 3.8) is 0 Å². The third-order valence-electron chi connectivity index (χ3n) is 5.48. The number of benzene rings is 1. The third-order valence-corrected chi connectivity index (χ3v) is 5.48. The number of nitrogens with one attached hydrogen (secondary N) is 1. The van der Waals surface area contributed by atoms with Crippen molar-refractivity contribution in [2.75, 3.05) is 6.54 Å². The minimum Gasteiger partial charge on any atom is -0.441 e. The minimum atomic E-state index is -4.77. The number of rotatable bonds is 6. The SMILES string of the molecule is CC.Cc1ccc(OC2=CC=C(N(C=O)C3(C(C)(C)C)CC3)CN2)cc1OC(F)(F)F. The second kappa shape index (κ2) is 9.24. The maximum Gasteiger partial charge on any atom is 0.573 e. The molecule has 0 aromatic heterocycles. The summed E-state index contributed by atoms with van der Waals surface area (Å²) in [5.74, 6) is 0.281. The van der Waals surface area contributed by atoms with E-state index in [0.29, 0.717) is 18.0 Å². The van der Waals surface area contributed by atoms with Crippen LogP contribution in [0.2, 0.25) is 0 Å². The largest absolute Gasteiger partial charge is 0.573 e. The molecular weight excluding hydrogens is 409 g/mol. The van der Waals surface area contributed by atoms with Gasteiger partial charge < -0.3 is 19.7 Å². The van der Waals surface area contributed by atoms with E-state index < -0.39 is 6.36 Å². The van der Waals surface area contributed by atoms with E-state index in [9.17, 15) is 18.0 Å². The average Bonchev–Trinajstić information content (AvgIpc) is 3.49. The highest BCUT2D eigenvalue weighted by molar-refractivity contribution is 5.56. The van der Waals surface area contributed by atoms with Gasteiger partial charge in [0.05, 0.1) is 12.1 Å². The molecule has 0 radical (unpaired) electrons. The molecule has 0 bridgehead atoms. The van der Waals surface area contributed by atoms with Crippen LogP contribution in [0, 0.1) is 12.3 Å². The topological polar surface area (TPSA) is 50.8 Å². The van der Waals surface area contributed by atoms with Crippen LogP contribution < -0.4 is 14.8 Å². The monoisotopic (exact) mass is 440 g/mol. The van der Waals surface area contributed by atoms with Crippen molar-refractivity contribution in [3.05, 3.63) is 47.5 Å². The quantitative estimate of drug-likeness (QED) is 0.580. The Labute approximate surface area is 181 Å². The zero-order valence-electron chi connectivity index (χ0n) is 18.9. The van der Waals surface area contributed by atoms with Crippen LogP contribution in [-0.2, 0) is 4.79 Å². The minimum absolute atomic E-state index is 0.0496. The van der Waals surface area contributed by atoms with Crippen LogP contribution >= 0.6 is 0 Å². The van der Waals surface area contributed by atoms with Gasteiger partial charge in [0, 0.05) is 17.8 Å². The molecule has 1 N–H and O–H groups in total. The second-order valence-electron chi connectivity index (χ2n) is 8.38. The van der Waals surface area contributed by atoms with Crippen molar-refractivity contribution >= 4 is 6.41 Å². The predicted octanol–water partition coefficient (Wildman–Crippen LogP) is 5.66. The van der Waals surface area contributed by atoms with Gasteiger partial charge in [0.15, 0.2) is 5.88 Å². The molecule has 8 heteroatoms. The Morgan fingerprint density at radius 1 is 1.13 bits per heavy atom. The number of ether oxygens (including phenoxy) is 2. The predicted molar refractivity (Wildman–Crippen MR) is 113 cm³/mol. The van der Waals surface area contributed by atoms with Crippen molar-refractivity contribution in [1.29, 1.82) is 0 Å². The van der Waals surface area contributed by atoms with Crippen molar-refractivity contribution in [1.82, 2.24) is 10.2 Å². The number of amides is 1. The summed E-state index contributed by atoms with van der Waals surface area (Å²) in [5, 5.41) is 3.07. The van der Waals surface area contributed by atoms with E-state index in [1.807, 2.05) is 13.8 Å². The van der Waals surface area contributed by atoms with Gasteiger partial charge in [-0.2, -0.15) is 0 Å². The van der Waals surface area contributed by atoms with Gasteiger partial charge in [-0.15, -0.1) is 13.2 Å². The Balaban J connectivity index is 0.00000166. The number of aryl methyl sites for hydroxylation is 1. The first kappa shape index (κ1) is 24.6. The van der Waals surface area contributed by atoms with Gasteiger partial charge >= 0.3 is 6.36 Å². The molecule has 1 aromatic rings. The van der Waals surface area contributed by atoms with Gasteiger partial charge in [0.1, 0.15) is 11.5 Å². The lowest BCUT2D eigenvalue weighted by Gasteiger charge is -2.40. The summed E-state index contributed by atoms with van der Waals surface area (Å²) >= 11 is 0. The molecule has 0 spiro atoms. The van der Waals surface area contributed by atoms with Gasteiger partial charge in [-0.3, -0.25) is 4.79 Å². The van der Waals surface area contributed by atoms with Crippen molar-refractivity contribution in [2.24, 2.45) is 5.41 Å². The molecular formula is C23H31F3N2O3. The summed E-state index contributed by atoms with van der Waals surface area (Å²) in [6, 6.07) is 4.26. The molecule has 2 aliphatic rings. The summed E-state index contributed by atoms with van der Waals surface area (Å²) in [6.07, 6.45) is 1.46. The van der Waals surface area contributed by atoms with Crippen molar-refractivity contribution in [3.8, 4) is 11.5 Å². The lowest BCUT2D eigenvalue weighted by Crippen LogP contribution is -2.47. The van der Waals surface area contributed by atoms with E-state index in [1.54, 1.807) is 23.1 Å². The van der Waals surface area contributed by atoms with Crippen LogP contribution in [0.4, 0.5) is 13.2 Å². The number of hydrogen-bond donors (Lipinski definition) is 1. The Hall–Kier alpha value is -2.64. The molecule has 1 aliphatic carbocycles. The Morgan fingerprint density at radius 3 is 2.23 bits per heavy atom. The molecule has 1 fully saturated rings. The number of alkyl halides is 3. The molecule has 1 aromatic carbocycles. The maximum absolute atomic E-state index is 12.5. The highest BCUT2D eigenvalue weighted by Crippen LogP contribution is 2.55. The zero-order valence-corrected chi connectivity index (χ0v) is 18.9. The lowest BCUT2D eigenvalue weighted by molar-refractivity contribution is -0.274. The van der Waals surface area contributed by atoms with Gasteiger partial charge in [-0.25, -0.2) is 0 Å². The first-order chi connectivity index (χ1) is 14.4. The normalized spacial score (nSPS) is 17.2. The third kappa shape index (κ3) is 5.74. The zero-order chi connectivity index (χ0) is 23.4. The molecule has 0 unspecified atom stereocenters.